The zero-order chi connectivity index (χ0) is 32.6. The molecule has 2 heterocycles. The van der Waals surface area contributed by atoms with Gasteiger partial charge in [-0.25, -0.2) is 15.0 Å². The van der Waals surface area contributed by atoms with Crippen molar-refractivity contribution >= 4 is 21.9 Å². The van der Waals surface area contributed by atoms with Gasteiger partial charge < -0.3 is 4.42 Å². The van der Waals surface area contributed by atoms with Crippen LogP contribution in [0.4, 0.5) is 0 Å². The van der Waals surface area contributed by atoms with Gasteiger partial charge in [0.15, 0.2) is 17.5 Å². The molecular weight excluding hydrogens is 599 g/mol. The highest BCUT2D eigenvalue weighted by Crippen LogP contribution is 2.41. The lowest BCUT2D eigenvalue weighted by Crippen LogP contribution is -2.00. The number of benzene rings is 7. The Hall–Kier alpha value is -6.65. The molecule has 0 bridgehead atoms. The highest BCUT2D eigenvalue weighted by atomic mass is 16.3. The van der Waals surface area contributed by atoms with Gasteiger partial charge in [-0.1, -0.05) is 164 Å². The maximum Gasteiger partial charge on any atom is 0.164 e. The normalized spacial score (nSPS) is 11.3. The van der Waals surface area contributed by atoms with Gasteiger partial charge >= 0.3 is 0 Å². The van der Waals surface area contributed by atoms with Crippen molar-refractivity contribution in [3.8, 4) is 67.5 Å². The van der Waals surface area contributed by atoms with Crippen LogP contribution in [-0.4, -0.2) is 15.0 Å². The van der Waals surface area contributed by atoms with E-state index in [0.717, 1.165) is 60.9 Å². The molecule has 0 aliphatic rings. The van der Waals surface area contributed by atoms with Crippen LogP contribution in [0.1, 0.15) is 0 Å². The van der Waals surface area contributed by atoms with Crippen molar-refractivity contribution < 1.29 is 4.42 Å². The molecule has 49 heavy (non-hydrogen) atoms. The number of fused-ring (bicyclic) bond motifs is 3. The molecule has 230 valence electrons. The van der Waals surface area contributed by atoms with Crippen molar-refractivity contribution in [2.75, 3.05) is 0 Å². The summed E-state index contributed by atoms with van der Waals surface area (Å²) in [5, 5.41) is 2.00. The molecule has 4 heteroatoms. The molecule has 0 unspecified atom stereocenters. The van der Waals surface area contributed by atoms with E-state index in [2.05, 4.69) is 121 Å². The number of nitrogens with zero attached hydrogens (tertiary/aromatic N) is 3. The Balaban J connectivity index is 1.20. The minimum Gasteiger partial charge on any atom is -0.455 e. The Morgan fingerprint density at radius 3 is 1.49 bits per heavy atom. The molecule has 0 aliphatic heterocycles. The predicted molar refractivity (Wildman–Crippen MR) is 200 cm³/mol. The van der Waals surface area contributed by atoms with Crippen LogP contribution < -0.4 is 0 Å². The van der Waals surface area contributed by atoms with E-state index in [1.165, 1.54) is 11.1 Å². The molecule has 0 spiro atoms. The first-order chi connectivity index (χ1) is 24.3. The Labute approximate surface area is 284 Å². The summed E-state index contributed by atoms with van der Waals surface area (Å²) >= 11 is 0. The SMILES string of the molecule is c1ccc(-c2ccc(-c3nc(-c4ccccc4)nc(-c4cccc5oc6c(-c7cccc(-c8ccccc8)c7)cccc6c45)n3)cc2)cc1. The average Bonchev–Trinajstić information content (AvgIpc) is 3.58. The summed E-state index contributed by atoms with van der Waals surface area (Å²) in [6.07, 6.45) is 0. The molecule has 0 N–H and O–H groups in total. The van der Waals surface area contributed by atoms with E-state index in [4.69, 9.17) is 19.4 Å². The van der Waals surface area contributed by atoms with Gasteiger partial charge in [-0.3, -0.25) is 0 Å². The monoisotopic (exact) mass is 627 g/mol. The van der Waals surface area contributed by atoms with Gasteiger partial charge in [-0.2, -0.15) is 0 Å². The lowest BCUT2D eigenvalue weighted by molar-refractivity contribution is 0.670. The van der Waals surface area contributed by atoms with Gasteiger partial charge in [0, 0.05) is 33.0 Å². The van der Waals surface area contributed by atoms with Gasteiger partial charge in [0.2, 0.25) is 0 Å². The van der Waals surface area contributed by atoms with Gasteiger partial charge in [-0.05, 0) is 39.9 Å². The maximum atomic E-state index is 6.66. The van der Waals surface area contributed by atoms with Crippen molar-refractivity contribution in [1.82, 2.24) is 15.0 Å². The van der Waals surface area contributed by atoms with Crippen LogP contribution in [0.5, 0.6) is 0 Å². The smallest absolute Gasteiger partial charge is 0.164 e. The second kappa shape index (κ2) is 12.2. The number of hydrogen-bond acceptors (Lipinski definition) is 4. The molecule has 4 nitrogen and oxygen atoms in total. The zero-order valence-corrected chi connectivity index (χ0v) is 26.5. The molecule has 2 aromatic heterocycles. The van der Waals surface area contributed by atoms with Crippen molar-refractivity contribution in [3.05, 3.63) is 176 Å². The molecule has 0 saturated heterocycles. The molecule has 9 aromatic rings. The van der Waals surface area contributed by atoms with Crippen LogP contribution in [0.25, 0.3) is 89.5 Å². The minimum atomic E-state index is 0.598. The van der Waals surface area contributed by atoms with Crippen LogP contribution >= 0.6 is 0 Å². The number of rotatable bonds is 6. The van der Waals surface area contributed by atoms with Crippen molar-refractivity contribution in [1.29, 1.82) is 0 Å². The summed E-state index contributed by atoms with van der Waals surface area (Å²) in [5.74, 6) is 1.84. The molecule has 0 aliphatic carbocycles. The molecule has 0 fully saturated rings. The van der Waals surface area contributed by atoms with E-state index in [1.807, 2.05) is 54.6 Å². The van der Waals surface area contributed by atoms with Gasteiger partial charge in [-0.15, -0.1) is 0 Å². The third kappa shape index (κ3) is 5.35. The highest BCUT2D eigenvalue weighted by molar-refractivity contribution is 6.15. The molecule has 0 saturated carbocycles. The van der Waals surface area contributed by atoms with Crippen LogP contribution in [-0.2, 0) is 0 Å². The molecule has 9 rings (SSSR count). The van der Waals surface area contributed by atoms with Crippen LogP contribution in [0.2, 0.25) is 0 Å². The maximum absolute atomic E-state index is 6.66. The molecular formula is C45H29N3O. The van der Waals surface area contributed by atoms with Crippen molar-refractivity contribution in [2.45, 2.75) is 0 Å². The fraction of sp³-hybridized carbons (Fsp3) is 0. The first kappa shape index (κ1) is 28.6. The fourth-order valence-corrected chi connectivity index (χ4v) is 6.54. The largest absolute Gasteiger partial charge is 0.455 e. The second-order valence-electron chi connectivity index (χ2n) is 12.0. The molecule has 0 radical (unpaired) electrons. The first-order valence-electron chi connectivity index (χ1n) is 16.4. The van der Waals surface area contributed by atoms with E-state index >= 15 is 0 Å². The average molecular weight is 628 g/mol. The Morgan fingerprint density at radius 2 is 0.796 bits per heavy atom. The predicted octanol–water partition coefficient (Wildman–Crippen LogP) is 11.8. The van der Waals surface area contributed by atoms with E-state index < -0.39 is 0 Å². The van der Waals surface area contributed by atoms with E-state index in [-0.39, 0.29) is 0 Å². The standard InChI is InChI=1S/C45H29N3O/c1-4-13-30(14-5-1)32-25-27-34(28-26-32)44-46-43(33-17-8-3-9-18-33)47-45(48-44)39-23-12-24-40-41(39)38-22-11-21-37(42(38)49-40)36-20-10-19-35(29-36)31-15-6-2-7-16-31/h1-29H. The zero-order valence-electron chi connectivity index (χ0n) is 26.5. The van der Waals surface area contributed by atoms with Gasteiger partial charge in [0.25, 0.3) is 0 Å². The lowest BCUT2D eigenvalue weighted by Gasteiger charge is -2.10. The third-order valence-corrected chi connectivity index (χ3v) is 8.96. The fourth-order valence-electron chi connectivity index (χ4n) is 6.54. The van der Waals surface area contributed by atoms with E-state index in [1.54, 1.807) is 0 Å². The summed E-state index contributed by atoms with van der Waals surface area (Å²) in [7, 11) is 0. The van der Waals surface area contributed by atoms with Crippen molar-refractivity contribution in [3.63, 3.8) is 0 Å². The number of para-hydroxylation sites is 1. The Morgan fingerprint density at radius 1 is 0.327 bits per heavy atom. The van der Waals surface area contributed by atoms with Crippen LogP contribution in [0, 0.1) is 0 Å². The van der Waals surface area contributed by atoms with Crippen LogP contribution in [0.3, 0.4) is 0 Å². The quantitative estimate of drug-likeness (QED) is 0.184. The number of furan rings is 1. The minimum absolute atomic E-state index is 0.598. The summed E-state index contributed by atoms with van der Waals surface area (Å²) in [6, 6.07) is 60.4. The summed E-state index contributed by atoms with van der Waals surface area (Å²) in [5.41, 5.74) is 11.2. The van der Waals surface area contributed by atoms with Gasteiger partial charge in [0.1, 0.15) is 11.2 Å². The topological polar surface area (TPSA) is 51.8 Å². The number of hydrogen-bond donors (Lipinski definition) is 0. The highest BCUT2D eigenvalue weighted by Gasteiger charge is 2.19. The van der Waals surface area contributed by atoms with Crippen molar-refractivity contribution in [2.24, 2.45) is 0 Å². The Bertz CT molecular complexity index is 2580. The Kier molecular flexibility index (Phi) is 7.10. The first-order valence-corrected chi connectivity index (χ1v) is 16.4. The third-order valence-electron chi connectivity index (χ3n) is 8.96. The number of aromatic nitrogens is 3. The van der Waals surface area contributed by atoms with Crippen LogP contribution in [0.15, 0.2) is 180 Å². The molecule has 7 aromatic carbocycles. The van der Waals surface area contributed by atoms with Gasteiger partial charge in [0.05, 0.1) is 0 Å². The summed E-state index contributed by atoms with van der Waals surface area (Å²) in [6.45, 7) is 0. The second-order valence-corrected chi connectivity index (χ2v) is 12.0. The van der Waals surface area contributed by atoms with E-state index in [0.29, 0.717) is 17.5 Å². The molecule has 0 amide bonds. The van der Waals surface area contributed by atoms with E-state index in [9.17, 15) is 0 Å². The lowest BCUT2D eigenvalue weighted by atomic mass is 9.97. The summed E-state index contributed by atoms with van der Waals surface area (Å²) < 4.78 is 6.66. The summed E-state index contributed by atoms with van der Waals surface area (Å²) in [4.78, 5) is 15.1. The molecule has 0 atom stereocenters.